The Morgan fingerprint density at radius 3 is 2.50 bits per heavy atom. The summed E-state index contributed by atoms with van der Waals surface area (Å²) in [5.41, 5.74) is 0.846. The summed E-state index contributed by atoms with van der Waals surface area (Å²) in [6, 6.07) is 13.5. The maximum atomic E-state index is 13.0. The van der Waals surface area contributed by atoms with Crippen LogP contribution in [-0.4, -0.2) is 36.7 Å². The van der Waals surface area contributed by atoms with Crippen LogP contribution in [0.15, 0.2) is 42.5 Å². The van der Waals surface area contributed by atoms with Crippen LogP contribution in [0.4, 0.5) is 10.5 Å². The van der Waals surface area contributed by atoms with E-state index in [4.69, 9.17) is 16.3 Å². The van der Waals surface area contributed by atoms with E-state index in [1.165, 1.54) is 11.3 Å². The highest BCUT2D eigenvalue weighted by Crippen LogP contribution is 2.31. The van der Waals surface area contributed by atoms with Crippen LogP contribution in [0.2, 0.25) is 4.34 Å². The highest BCUT2D eigenvalue weighted by atomic mass is 35.5. The molecule has 3 aliphatic heterocycles. The lowest BCUT2D eigenvalue weighted by Gasteiger charge is -2.44. The summed E-state index contributed by atoms with van der Waals surface area (Å²) in [5, 5.41) is 0. The molecule has 7 heteroatoms. The van der Waals surface area contributed by atoms with E-state index in [1.807, 2.05) is 42.5 Å². The monoisotopic (exact) mass is 412 g/mol. The molecule has 0 N–H and O–H groups in total. The Hall–Kier alpha value is -1.27. The van der Waals surface area contributed by atoms with Crippen LogP contribution in [0.5, 0.6) is 0 Å². The average molecular weight is 413 g/mol. The lowest BCUT2D eigenvalue weighted by atomic mass is 9.86. The topological polar surface area (TPSA) is 32.8 Å². The summed E-state index contributed by atoms with van der Waals surface area (Å²) in [4.78, 5) is 18.1. The van der Waals surface area contributed by atoms with Gasteiger partial charge in [-0.25, -0.2) is 4.79 Å². The number of nitrogens with zero attached hydrogens (tertiary/aromatic N) is 2. The van der Waals surface area contributed by atoms with Crippen molar-refractivity contribution < 1.29 is 9.53 Å². The number of carbonyl (C=O) groups excluding carboxylic acids is 1. The first-order valence-corrected chi connectivity index (χ1v) is 9.88. The molecule has 2 bridgehead atoms. The van der Waals surface area contributed by atoms with Gasteiger partial charge in [-0.2, -0.15) is 0 Å². The molecule has 1 aromatic heterocycles. The Labute approximate surface area is 169 Å². The number of benzene rings is 1. The molecule has 140 valence electrons. The predicted octanol–water partition coefficient (Wildman–Crippen LogP) is 5.06. The minimum Gasteiger partial charge on any atom is -0.444 e. The Kier molecular flexibility index (Phi) is 6.46. The quantitative estimate of drug-likeness (QED) is 0.703. The van der Waals surface area contributed by atoms with Crippen LogP contribution >= 0.6 is 35.3 Å². The van der Waals surface area contributed by atoms with Crippen molar-refractivity contribution >= 4 is 47.1 Å². The molecule has 2 aromatic rings. The van der Waals surface area contributed by atoms with E-state index in [-0.39, 0.29) is 24.6 Å². The number of piperidine rings is 3. The first kappa shape index (κ1) is 19.5. The molecule has 3 fully saturated rings. The second-order valence-electron chi connectivity index (χ2n) is 6.69. The standard InChI is InChI=1S/C19H21ClN2O2S.ClH/c20-18-7-6-16(25-18)12-22(15-4-2-1-3-5-15)19(23)24-17-13-21-10-8-14(17)9-11-21;/h1-7,14,17H,8-13H2;1H/t17-;/m0./s1. The lowest BCUT2D eigenvalue weighted by Crippen LogP contribution is -2.53. The summed E-state index contributed by atoms with van der Waals surface area (Å²) in [7, 11) is 0. The van der Waals surface area contributed by atoms with E-state index < -0.39 is 0 Å². The first-order valence-electron chi connectivity index (χ1n) is 8.69. The Morgan fingerprint density at radius 2 is 1.92 bits per heavy atom. The molecule has 0 spiro atoms. The fraction of sp³-hybridized carbons (Fsp3) is 0.421. The zero-order valence-corrected chi connectivity index (χ0v) is 16.7. The van der Waals surface area contributed by atoms with Gasteiger partial charge in [0, 0.05) is 17.1 Å². The van der Waals surface area contributed by atoms with Gasteiger partial charge in [-0.3, -0.25) is 9.80 Å². The maximum absolute atomic E-state index is 13.0. The highest BCUT2D eigenvalue weighted by molar-refractivity contribution is 7.16. The number of halogens is 2. The van der Waals surface area contributed by atoms with Gasteiger partial charge < -0.3 is 4.74 Å². The molecule has 1 aromatic carbocycles. The van der Waals surface area contributed by atoms with Crippen LogP contribution in [0.25, 0.3) is 0 Å². The number of carbonyl (C=O) groups is 1. The molecule has 0 radical (unpaired) electrons. The second-order valence-corrected chi connectivity index (χ2v) is 8.49. The van der Waals surface area contributed by atoms with Gasteiger partial charge in [-0.1, -0.05) is 29.8 Å². The third-order valence-corrected chi connectivity index (χ3v) is 6.30. The molecule has 3 aliphatic rings. The van der Waals surface area contributed by atoms with Crippen molar-refractivity contribution in [3.05, 3.63) is 51.7 Å². The SMILES string of the molecule is Cl.O=C(O[C@H]1CN2CCC1CC2)N(Cc1ccc(Cl)s1)c1ccccc1. The van der Waals surface area contributed by atoms with Gasteiger partial charge in [-0.15, -0.1) is 23.7 Å². The normalized spacial score (nSPS) is 24.0. The van der Waals surface area contributed by atoms with Crippen molar-refractivity contribution in [3.8, 4) is 0 Å². The van der Waals surface area contributed by atoms with Gasteiger partial charge in [-0.05, 0) is 56.1 Å². The van der Waals surface area contributed by atoms with E-state index >= 15 is 0 Å². The summed E-state index contributed by atoms with van der Waals surface area (Å²) >= 11 is 7.54. The van der Waals surface area contributed by atoms with Crippen molar-refractivity contribution in [2.45, 2.75) is 25.5 Å². The van der Waals surface area contributed by atoms with Crippen molar-refractivity contribution in [2.75, 3.05) is 24.5 Å². The number of para-hydroxylation sites is 1. The molecule has 26 heavy (non-hydrogen) atoms. The number of hydrogen-bond acceptors (Lipinski definition) is 4. The molecule has 4 heterocycles. The fourth-order valence-corrected chi connectivity index (χ4v) is 4.78. The molecule has 4 nitrogen and oxygen atoms in total. The van der Waals surface area contributed by atoms with Crippen molar-refractivity contribution in [3.63, 3.8) is 0 Å². The van der Waals surface area contributed by atoms with Gasteiger partial charge >= 0.3 is 6.09 Å². The largest absolute Gasteiger partial charge is 0.444 e. The van der Waals surface area contributed by atoms with Crippen LogP contribution < -0.4 is 4.90 Å². The number of rotatable bonds is 4. The first-order chi connectivity index (χ1) is 12.2. The maximum Gasteiger partial charge on any atom is 0.414 e. The fourth-order valence-electron chi connectivity index (χ4n) is 3.70. The van der Waals surface area contributed by atoms with Gasteiger partial charge in [0.1, 0.15) is 6.10 Å². The number of hydrogen-bond donors (Lipinski definition) is 0. The van der Waals surface area contributed by atoms with E-state index in [2.05, 4.69) is 4.90 Å². The number of amides is 1. The van der Waals surface area contributed by atoms with Gasteiger partial charge in [0.15, 0.2) is 0 Å². The predicted molar refractivity (Wildman–Crippen MR) is 109 cm³/mol. The summed E-state index contributed by atoms with van der Waals surface area (Å²) in [6.45, 7) is 3.61. The molecule has 5 rings (SSSR count). The van der Waals surface area contributed by atoms with E-state index in [0.29, 0.717) is 12.5 Å². The molecule has 0 saturated carbocycles. The Bertz CT molecular complexity index is 732. The zero-order valence-electron chi connectivity index (χ0n) is 14.3. The minimum absolute atomic E-state index is 0. The molecule has 1 amide bonds. The summed E-state index contributed by atoms with van der Waals surface area (Å²) < 4.78 is 6.67. The molecule has 1 atom stereocenters. The number of thiophene rings is 1. The molecule has 0 unspecified atom stereocenters. The van der Waals surface area contributed by atoms with Gasteiger partial charge in [0.25, 0.3) is 0 Å². The van der Waals surface area contributed by atoms with E-state index in [0.717, 1.165) is 47.4 Å². The molecular formula is C19H22Cl2N2O2S. The molecular weight excluding hydrogens is 391 g/mol. The van der Waals surface area contributed by atoms with E-state index in [9.17, 15) is 4.79 Å². The minimum atomic E-state index is -0.269. The van der Waals surface area contributed by atoms with Crippen LogP contribution in [0, 0.1) is 5.92 Å². The summed E-state index contributed by atoms with van der Waals surface area (Å²) in [6.07, 6.45) is 2.00. The Morgan fingerprint density at radius 1 is 1.19 bits per heavy atom. The Balaban J connectivity index is 0.00000196. The second kappa shape index (κ2) is 8.61. The van der Waals surface area contributed by atoms with E-state index in [1.54, 1.807) is 4.90 Å². The summed E-state index contributed by atoms with van der Waals surface area (Å²) in [5.74, 6) is 0.503. The number of ether oxygens (including phenoxy) is 1. The van der Waals surface area contributed by atoms with Crippen molar-refractivity contribution in [1.29, 1.82) is 0 Å². The van der Waals surface area contributed by atoms with Crippen LogP contribution in [-0.2, 0) is 11.3 Å². The zero-order chi connectivity index (χ0) is 17.2. The number of anilines is 1. The van der Waals surface area contributed by atoms with Crippen LogP contribution in [0.3, 0.4) is 0 Å². The molecule has 3 saturated heterocycles. The third kappa shape index (κ3) is 4.34. The smallest absolute Gasteiger partial charge is 0.414 e. The average Bonchev–Trinajstić information content (AvgIpc) is 3.06. The highest BCUT2D eigenvalue weighted by Gasteiger charge is 2.37. The lowest BCUT2D eigenvalue weighted by molar-refractivity contribution is -0.0311. The van der Waals surface area contributed by atoms with Gasteiger partial charge in [0.05, 0.1) is 10.9 Å². The van der Waals surface area contributed by atoms with Gasteiger partial charge in [0.2, 0.25) is 0 Å². The van der Waals surface area contributed by atoms with Crippen molar-refractivity contribution in [1.82, 2.24) is 4.90 Å². The van der Waals surface area contributed by atoms with Crippen LogP contribution in [0.1, 0.15) is 17.7 Å². The molecule has 0 aliphatic carbocycles. The third-order valence-electron chi connectivity index (χ3n) is 5.08. The van der Waals surface area contributed by atoms with Crippen molar-refractivity contribution in [2.24, 2.45) is 5.92 Å². The number of fused-ring (bicyclic) bond motifs is 3.